The number of aromatic nitrogens is 1. The third kappa shape index (κ3) is 3.55. The van der Waals surface area contributed by atoms with Crippen LogP contribution in [-0.4, -0.2) is 12.1 Å². The molecule has 2 heterocycles. The fraction of sp³-hybridized carbons (Fsp3) is 0.357. The molecule has 0 fully saturated rings. The molecule has 0 bridgehead atoms. The molecule has 3 nitrogen and oxygen atoms in total. The van der Waals surface area contributed by atoms with E-state index in [1.54, 1.807) is 7.11 Å². The average molecular weight is 262 g/mol. The van der Waals surface area contributed by atoms with E-state index in [0.29, 0.717) is 5.88 Å². The van der Waals surface area contributed by atoms with E-state index in [9.17, 15) is 0 Å². The molecule has 0 aromatic carbocycles. The van der Waals surface area contributed by atoms with Crippen molar-refractivity contribution in [1.29, 1.82) is 0 Å². The van der Waals surface area contributed by atoms with Crippen molar-refractivity contribution in [1.82, 2.24) is 10.3 Å². The van der Waals surface area contributed by atoms with Crippen LogP contribution in [0.15, 0.2) is 30.3 Å². The van der Waals surface area contributed by atoms with Crippen LogP contribution < -0.4 is 10.1 Å². The Morgan fingerprint density at radius 3 is 2.72 bits per heavy atom. The molecule has 18 heavy (non-hydrogen) atoms. The molecule has 0 radical (unpaired) electrons. The summed E-state index contributed by atoms with van der Waals surface area (Å²) >= 11 is 1.87. The summed E-state index contributed by atoms with van der Waals surface area (Å²) < 4.78 is 5.10. The molecule has 0 amide bonds. The van der Waals surface area contributed by atoms with E-state index < -0.39 is 0 Å². The van der Waals surface area contributed by atoms with Gasteiger partial charge in [0, 0.05) is 28.9 Å². The SMILES string of the molecule is CCc1ccc(CNCc2cccc(OC)n2)s1. The molecule has 2 rings (SSSR count). The normalized spacial score (nSPS) is 10.6. The van der Waals surface area contributed by atoms with Gasteiger partial charge < -0.3 is 10.1 Å². The summed E-state index contributed by atoms with van der Waals surface area (Å²) in [6, 6.07) is 10.2. The molecule has 2 aromatic rings. The molecule has 0 aliphatic heterocycles. The van der Waals surface area contributed by atoms with Crippen molar-refractivity contribution in [3.8, 4) is 5.88 Å². The third-order valence-electron chi connectivity index (χ3n) is 2.66. The van der Waals surface area contributed by atoms with Gasteiger partial charge in [0.1, 0.15) is 0 Å². The number of hydrogen-bond acceptors (Lipinski definition) is 4. The summed E-state index contributed by atoms with van der Waals surface area (Å²) in [5.41, 5.74) is 1.00. The summed E-state index contributed by atoms with van der Waals surface area (Å²) in [7, 11) is 1.64. The van der Waals surface area contributed by atoms with Gasteiger partial charge in [0.05, 0.1) is 12.8 Å². The smallest absolute Gasteiger partial charge is 0.213 e. The quantitative estimate of drug-likeness (QED) is 0.869. The van der Waals surface area contributed by atoms with E-state index in [4.69, 9.17) is 4.74 Å². The lowest BCUT2D eigenvalue weighted by molar-refractivity contribution is 0.395. The molecule has 0 unspecified atom stereocenters. The van der Waals surface area contributed by atoms with Crippen molar-refractivity contribution in [2.45, 2.75) is 26.4 Å². The van der Waals surface area contributed by atoms with Crippen molar-refractivity contribution in [3.63, 3.8) is 0 Å². The Labute approximate surface area is 112 Å². The number of thiophene rings is 1. The fourth-order valence-electron chi connectivity index (χ4n) is 1.69. The molecule has 2 aromatic heterocycles. The van der Waals surface area contributed by atoms with E-state index in [0.717, 1.165) is 25.2 Å². The molecular formula is C14H18N2OS. The Kier molecular flexibility index (Phi) is 4.73. The van der Waals surface area contributed by atoms with Crippen LogP contribution in [0.5, 0.6) is 5.88 Å². The lowest BCUT2D eigenvalue weighted by Crippen LogP contribution is -2.12. The van der Waals surface area contributed by atoms with E-state index >= 15 is 0 Å². The standard InChI is InChI=1S/C14H18N2OS/c1-3-12-7-8-13(18-12)10-15-9-11-5-4-6-14(16-11)17-2/h4-8,15H,3,9-10H2,1-2H3. The predicted molar refractivity (Wildman–Crippen MR) is 75.0 cm³/mol. The first-order valence-corrected chi connectivity index (χ1v) is 6.91. The van der Waals surface area contributed by atoms with Gasteiger partial charge in [-0.1, -0.05) is 13.0 Å². The van der Waals surface area contributed by atoms with Crippen LogP contribution in [0.25, 0.3) is 0 Å². The maximum Gasteiger partial charge on any atom is 0.213 e. The second-order valence-electron chi connectivity index (χ2n) is 4.00. The van der Waals surface area contributed by atoms with Crippen molar-refractivity contribution in [2.24, 2.45) is 0 Å². The summed E-state index contributed by atoms with van der Waals surface area (Å²) in [5, 5.41) is 3.40. The maximum absolute atomic E-state index is 5.10. The van der Waals surface area contributed by atoms with Gasteiger partial charge >= 0.3 is 0 Å². The molecule has 0 saturated carbocycles. The predicted octanol–water partition coefficient (Wildman–Crippen LogP) is 3.00. The van der Waals surface area contributed by atoms with Gasteiger partial charge in [0.15, 0.2) is 0 Å². The fourth-order valence-corrected chi connectivity index (χ4v) is 2.62. The highest BCUT2D eigenvalue weighted by Crippen LogP contribution is 2.16. The number of nitrogens with zero attached hydrogens (tertiary/aromatic N) is 1. The molecule has 0 aliphatic rings. The molecule has 1 N–H and O–H groups in total. The van der Waals surface area contributed by atoms with Gasteiger partial charge in [0.25, 0.3) is 0 Å². The molecule has 0 atom stereocenters. The Bertz CT molecular complexity index is 496. The zero-order chi connectivity index (χ0) is 12.8. The Morgan fingerprint density at radius 2 is 2.00 bits per heavy atom. The lowest BCUT2D eigenvalue weighted by Gasteiger charge is -2.04. The van der Waals surface area contributed by atoms with Crippen LogP contribution in [0, 0.1) is 0 Å². The second kappa shape index (κ2) is 6.52. The Hall–Kier alpha value is -1.39. The first-order valence-electron chi connectivity index (χ1n) is 6.10. The molecule has 0 aliphatic carbocycles. The van der Waals surface area contributed by atoms with Crippen molar-refractivity contribution < 1.29 is 4.74 Å². The van der Waals surface area contributed by atoms with E-state index in [2.05, 4.69) is 29.4 Å². The first-order chi connectivity index (χ1) is 8.81. The first kappa shape index (κ1) is 13.1. The van der Waals surface area contributed by atoms with Crippen LogP contribution in [-0.2, 0) is 19.5 Å². The number of hydrogen-bond donors (Lipinski definition) is 1. The second-order valence-corrected chi connectivity index (χ2v) is 5.25. The third-order valence-corrected chi connectivity index (χ3v) is 3.89. The van der Waals surface area contributed by atoms with E-state index in [1.807, 2.05) is 29.5 Å². The van der Waals surface area contributed by atoms with Crippen LogP contribution in [0.3, 0.4) is 0 Å². The highest BCUT2D eigenvalue weighted by Gasteiger charge is 2.00. The topological polar surface area (TPSA) is 34.1 Å². The molecule has 96 valence electrons. The van der Waals surface area contributed by atoms with E-state index in [1.165, 1.54) is 9.75 Å². The number of methoxy groups -OCH3 is 1. The zero-order valence-corrected chi connectivity index (χ0v) is 11.6. The molecular weight excluding hydrogens is 244 g/mol. The van der Waals surface area contributed by atoms with Crippen molar-refractivity contribution in [2.75, 3.05) is 7.11 Å². The summed E-state index contributed by atoms with van der Waals surface area (Å²) in [4.78, 5) is 7.17. The van der Waals surface area contributed by atoms with Crippen molar-refractivity contribution >= 4 is 11.3 Å². The highest BCUT2D eigenvalue weighted by molar-refractivity contribution is 7.11. The van der Waals surface area contributed by atoms with Gasteiger partial charge in [0.2, 0.25) is 5.88 Å². The van der Waals surface area contributed by atoms with Gasteiger partial charge in [-0.05, 0) is 24.6 Å². The highest BCUT2D eigenvalue weighted by atomic mass is 32.1. The van der Waals surface area contributed by atoms with Gasteiger partial charge in [-0.25, -0.2) is 4.98 Å². The number of pyridine rings is 1. The Morgan fingerprint density at radius 1 is 1.17 bits per heavy atom. The summed E-state index contributed by atoms with van der Waals surface area (Å²) in [6.07, 6.45) is 1.11. The average Bonchev–Trinajstić information content (AvgIpc) is 2.87. The molecule has 0 saturated heterocycles. The van der Waals surface area contributed by atoms with Gasteiger partial charge in [-0.2, -0.15) is 0 Å². The van der Waals surface area contributed by atoms with Gasteiger partial charge in [-0.3, -0.25) is 0 Å². The van der Waals surface area contributed by atoms with Crippen molar-refractivity contribution in [3.05, 3.63) is 45.8 Å². The lowest BCUT2D eigenvalue weighted by atomic mass is 10.3. The number of ether oxygens (including phenoxy) is 1. The van der Waals surface area contributed by atoms with Crippen LogP contribution >= 0.6 is 11.3 Å². The van der Waals surface area contributed by atoms with Gasteiger partial charge in [-0.15, -0.1) is 11.3 Å². The number of rotatable bonds is 6. The summed E-state index contributed by atoms with van der Waals surface area (Å²) in [6.45, 7) is 3.84. The van der Waals surface area contributed by atoms with E-state index in [-0.39, 0.29) is 0 Å². The monoisotopic (exact) mass is 262 g/mol. The largest absolute Gasteiger partial charge is 0.481 e. The summed E-state index contributed by atoms with van der Waals surface area (Å²) in [5.74, 6) is 0.665. The molecule has 4 heteroatoms. The van der Waals surface area contributed by atoms with Crippen LogP contribution in [0.2, 0.25) is 0 Å². The van der Waals surface area contributed by atoms with Crippen LogP contribution in [0.1, 0.15) is 22.4 Å². The van der Waals surface area contributed by atoms with Crippen LogP contribution in [0.4, 0.5) is 0 Å². The minimum atomic E-state index is 0.665. The minimum Gasteiger partial charge on any atom is -0.481 e. The maximum atomic E-state index is 5.10. The number of nitrogens with one attached hydrogen (secondary N) is 1. The number of aryl methyl sites for hydroxylation is 1. The zero-order valence-electron chi connectivity index (χ0n) is 10.8. The Balaban J connectivity index is 1.84. The molecule has 0 spiro atoms. The minimum absolute atomic E-state index is 0.665.